The maximum Gasteiger partial charge on any atom is 0.140 e. The van der Waals surface area contributed by atoms with Crippen LogP contribution in [0.2, 0.25) is 0 Å². The topological polar surface area (TPSA) is 64.1 Å². The summed E-state index contributed by atoms with van der Waals surface area (Å²) in [6.07, 6.45) is 0. The van der Waals surface area contributed by atoms with Crippen molar-refractivity contribution in [2.75, 3.05) is 5.73 Å². The normalized spacial score (nSPS) is 11.1. The molecule has 0 amide bonds. The third kappa shape index (κ3) is 2.19. The van der Waals surface area contributed by atoms with Crippen LogP contribution in [0.25, 0.3) is 16.7 Å². The van der Waals surface area contributed by atoms with Gasteiger partial charge in [-0.2, -0.15) is 0 Å². The van der Waals surface area contributed by atoms with E-state index in [-0.39, 0.29) is 6.61 Å². The van der Waals surface area contributed by atoms with Gasteiger partial charge in [-0.15, -0.1) is 0 Å². The molecular weight excluding hydrogens is 353 g/mol. The van der Waals surface area contributed by atoms with Crippen LogP contribution in [0.15, 0.2) is 42.5 Å². The van der Waals surface area contributed by atoms with Crippen molar-refractivity contribution in [1.29, 1.82) is 0 Å². The number of aromatic nitrogens is 2. The summed E-state index contributed by atoms with van der Waals surface area (Å²) in [7, 11) is 0. The van der Waals surface area contributed by atoms with Crippen LogP contribution in [0, 0.1) is 3.57 Å². The van der Waals surface area contributed by atoms with Crippen LogP contribution in [-0.2, 0) is 6.61 Å². The van der Waals surface area contributed by atoms with Crippen molar-refractivity contribution in [2.24, 2.45) is 0 Å². The first-order valence-electron chi connectivity index (χ1n) is 5.82. The molecule has 0 aliphatic carbocycles. The molecule has 0 radical (unpaired) electrons. The first-order chi connectivity index (χ1) is 9.19. The van der Waals surface area contributed by atoms with Crippen molar-refractivity contribution < 1.29 is 5.11 Å². The molecule has 3 aromatic rings. The zero-order chi connectivity index (χ0) is 13.4. The third-order valence-corrected chi connectivity index (χ3v) is 3.69. The molecule has 0 saturated heterocycles. The van der Waals surface area contributed by atoms with Gasteiger partial charge in [0.05, 0.1) is 11.0 Å². The predicted molar refractivity (Wildman–Crippen MR) is 84.1 cm³/mol. The molecule has 4 nitrogen and oxygen atoms in total. The number of anilines is 1. The molecule has 3 rings (SSSR count). The number of imidazole rings is 1. The molecule has 0 fully saturated rings. The number of nitrogens with two attached hydrogens (primary N) is 1. The van der Waals surface area contributed by atoms with Gasteiger partial charge in [-0.25, -0.2) is 4.98 Å². The molecule has 19 heavy (non-hydrogen) atoms. The molecule has 1 heterocycles. The van der Waals surface area contributed by atoms with Crippen molar-refractivity contribution in [3.8, 4) is 5.69 Å². The van der Waals surface area contributed by atoms with E-state index in [0.717, 1.165) is 16.7 Å². The Balaban J connectivity index is 2.29. The molecular formula is C14H12IN3O. The second kappa shape index (κ2) is 4.82. The minimum absolute atomic E-state index is 0.111. The number of benzene rings is 2. The van der Waals surface area contributed by atoms with Crippen LogP contribution in [-0.4, -0.2) is 14.7 Å². The maximum atomic E-state index is 9.49. The number of fused-ring (bicyclic) bond motifs is 1. The van der Waals surface area contributed by atoms with Gasteiger partial charge in [0.25, 0.3) is 0 Å². The molecule has 0 spiro atoms. The molecule has 5 heteroatoms. The van der Waals surface area contributed by atoms with E-state index in [0.29, 0.717) is 11.5 Å². The quantitative estimate of drug-likeness (QED) is 0.542. The number of hydrogen-bond donors (Lipinski definition) is 2. The Kier molecular flexibility index (Phi) is 3.16. The average molecular weight is 365 g/mol. The Labute approximate surface area is 124 Å². The van der Waals surface area contributed by atoms with E-state index in [2.05, 4.69) is 27.6 Å². The Morgan fingerprint density at radius 3 is 2.58 bits per heavy atom. The van der Waals surface area contributed by atoms with Crippen molar-refractivity contribution >= 4 is 39.3 Å². The first-order valence-corrected chi connectivity index (χ1v) is 6.90. The van der Waals surface area contributed by atoms with Gasteiger partial charge in [0.15, 0.2) is 0 Å². The standard InChI is InChI=1S/C14H12IN3O/c15-9-1-4-11(5-2-9)18-13-6-3-10(16)7-12(13)17-14(18)8-19/h1-7,19H,8,16H2. The lowest BCUT2D eigenvalue weighted by Gasteiger charge is -2.08. The van der Waals surface area contributed by atoms with Crippen molar-refractivity contribution in [3.05, 3.63) is 51.9 Å². The number of aliphatic hydroxyl groups excluding tert-OH is 1. The fourth-order valence-electron chi connectivity index (χ4n) is 2.13. The minimum atomic E-state index is -0.111. The largest absolute Gasteiger partial charge is 0.399 e. The highest BCUT2D eigenvalue weighted by Gasteiger charge is 2.11. The average Bonchev–Trinajstić information content (AvgIpc) is 2.77. The van der Waals surface area contributed by atoms with E-state index in [1.54, 1.807) is 0 Å². The highest BCUT2D eigenvalue weighted by molar-refractivity contribution is 14.1. The lowest BCUT2D eigenvalue weighted by molar-refractivity contribution is 0.270. The summed E-state index contributed by atoms with van der Waals surface area (Å²) in [6, 6.07) is 13.7. The number of rotatable bonds is 2. The van der Waals surface area contributed by atoms with Crippen LogP contribution < -0.4 is 5.73 Å². The van der Waals surface area contributed by atoms with Gasteiger partial charge >= 0.3 is 0 Å². The number of nitrogen functional groups attached to an aromatic ring is 1. The summed E-state index contributed by atoms with van der Waals surface area (Å²) in [5.41, 5.74) is 9.16. The molecule has 96 valence electrons. The van der Waals surface area contributed by atoms with E-state index >= 15 is 0 Å². The van der Waals surface area contributed by atoms with Crippen LogP contribution in [0.3, 0.4) is 0 Å². The number of hydrogen-bond acceptors (Lipinski definition) is 3. The predicted octanol–water partition coefficient (Wildman–Crippen LogP) is 2.70. The lowest BCUT2D eigenvalue weighted by Crippen LogP contribution is -2.00. The van der Waals surface area contributed by atoms with Gasteiger partial charge in [0.1, 0.15) is 12.4 Å². The zero-order valence-corrected chi connectivity index (χ0v) is 12.2. The Hall–Kier alpha value is -1.60. The SMILES string of the molecule is Nc1ccc2c(c1)nc(CO)n2-c1ccc(I)cc1. The monoisotopic (exact) mass is 365 g/mol. The fourth-order valence-corrected chi connectivity index (χ4v) is 2.49. The third-order valence-electron chi connectivity index (χ3n) is 2.97. The zero-order valence-electron chi connectivity index (χ0n) is 10.0. The Morgan fingerprint density at radius 2 is 1.89 bits per heavy atom. The van der Waals surface area contributed by atoms with Gasteiger partial charge in [0, 0.05) is 14.9 Å². The first kappa shape index (κ1) is 12.4. The molecule has 0 unspecified atom stereocenters. The lowest BCUT2D eigenvalue weighted by atomic mass is 10.2. The molecule has 0 saturated carbocycles. The molecule has 0 atom stereocenters. The Morgan fingerprint density at radius 1 is 1.16 bits per heavy atom. The molecule has 2 aromatic carbocycles. The summed E-state index contributed by atoms with van der Waals surface area (Å²) in [5.74, 6) is 0.613. The van der Waals surface area contributed by atoms with E-state index in [9.17, 15) is 5.11 Å². The van der Waals surface area contributed by atoms with Crippen LogP contribution in [0.1, 0.15) is 5.82 Å². The molecule has 0 aliphatic heterocycles. The molecule has 0 bridgehead atoms. The van der Waals surface area contributed by atoms with E-state index < -0.39 is 0 Å². The summed E-state index contributed by atoms with van der Waals surface area (Å²) < 4.78 is 3.12. The van der Waals surface area contributed by atoms with Gasteiger partial charge in [-0.1, -0.05) is 0 Å². The van der Waals surface area contributed by atoms with E-state index in [4.69, 9.17) is 5.73 Å². The second-order valence-corrected chi connectivity index (χ2v) is 5.49. The second-order valence-electron chi connectivity index (χ2n) is 4.25. The number of nitrogens with zero attached hydrogens (tertiary/aromatic N) is 2. The highest BCUT2D eigenvalue weighted by Crippen LogP contribution is 2.24. The summed E-state index contributed by atoms with van der Waals surface area (Å²) >= 11 is 2.26. The highest BCUT2D eigenvalue weighted by atomic mass is 127. The summed E-state index contributed by atoms with van der Waals surface area (Å²) in [5, 5.41) is 9.49. The van der Waals surface area contributed by atoms with Crippen LogP contribution >= 0.6 is 22.6 Å². The van der Waals surface area contributed by atoms with Crippen molar-refractivity contribution in [1.82, 2.24) is 9.55 Å². The number of aliphatic hydroxyl groups is 1. The van der Waals surface area contributed by atoms with Gasteiger partial charge in [-0.05, 0) is 65.1 Å². The van der Waals surface area contributed by atoms with Gasteiger partial charge in [0.2, 0.25) is 0 Å². The Bertz CT molecular complexity index is 734. The molecule has 1 aromatic heterocycles. The minimum Gasteiger partial charge on any atom is -0.399 e. The van der Waals surface area contributed by atoms with Crippen LogP contribution in [0.4, 0.5) is 5.69 Å². The fraction of sp³-hybridized carbons (Fsp3) is 0.0714. The van der Waals surface area contributed by atoms with E-state index in [1.807, 2.05) is 47.0 Å². The molecule has 0 aliphatic rings. The van der Waals surface area contributed by atoms with Crippen molar-refractivity contribution in [3.63, 3.8) is 0 Å². The van der Waals surface area contributed by atoms with Gasteiger partial charge in [-0.3, -0.25) is 4.57 Å². The maximum absolute atomic E-state index is 9.49. The van der Waals surface area contributed by atoms with Gasteiger partial charge < -0.3 is 10.8 Å². The van der Waals surface area contributed by atoms with E-state index in [1.165, 1.54) is 3.57 Å². The van der Waals surface area contributed by atoms with Crippen LogP contribution in [0.5, 0.6) is 0 Å². The van der Waals surface area contributed by atoms with Crippen molar-refractivity contribution in [2.45, 2.75) is 6.61 Å². The number of halogens is 1. The summed E-state index contributed by atoms with van der Waals surface area (Å²) in [4.78, 5) is 4.42. The smallest absolute Gasteiger partial charge is 0.140 e. The summed E-state index contributed by atoms with van der Waals surface area (Å²) in [6.45, 7) is -0.111. The molecule has 3 N–H and O–H groups in total.